The molecule has 4 nitrogen and oxygen atoms in total. The summed E-state index contributed by atoms with van der Waals surface area (Å²) in [6, 6.07) is 4.74. The number of aromatic nitrogens is 2. The summed E-state index contributed by atoms with van der Waals surface area (Å²) in [5, 5.41) is 5.48. The molecule has 1 heterocycles. The average molecular weight is 375 g/mol. The number of anilines is 3. The molecular formula is C16H15ClF4N4. The van der Waals surface area contributed by atoms with Crippen molar-refractivity contribution < 1.29 is 17.6 Å². The minimum Gasteiger partial charge on any atom is -0.351 e. The molecule has 9 heteroatoms. The monoisotopic (exact) mass is 374 g/mol. The number of hydrogen-bond donors (Lipinski definition) is 2. The highest BCUT2D eigenvalue weighted by molar-refractivity contribution is 6.33. The van der Waals surface area contributed by atoms with Crippen molar-refractivity contribution in [3.63, 3.8) is 0 Å². The standard InChI is InChI=1S/C16H15ClF4N4/c17-10-6-3-7-11(18)14(10)24-13-8-12(16(19,20)21)23-15(25-13)22-9-4-1-2-5-9/h3,6-9H,1-2,4-5H2,(H2,22,23,24,25). The Balaban J connectivity index is 1.94. The van der Waals surface area contributed by atoms with Gasteiger partial charge in [-0.15, -0.1) is 0 Å². The fourth-order valence-electron chi connectivity index (χ4n) is 2.72. The second-order valence-corrected chi connectivity index (χ2v) is 6.21. The van der Waals surface area contributed by atoms with Gasteiger partial charge in [-0.25, -0.2) is 9.37 Å². The first-order valence-corrected chi connectivity index (χ1v) is 8.14. The predicted octanol–water partition coefficient (Wildman–Crippen LogP) is 5.39. The number of rotatable bonds is 4. The van der Waals surface area contributed by atoms with E-state index in [0.717, 1.165) is 37.8 Å². The smallest absolute Gasteiger partial charge is 0.351 e. The molecule has 0 amide bonds. The zero-order valence-corrected chi connectivity index (χ0v) is 13.8. The Morgan fingerprint density at radius 1 is 1.12 bits per heavy atom. The Hall–Kier alpha value is -2.09. The van der Waals surface area contributed by atoms with Gasteiger partial charge in [-0.1, -0.05) is 30.5 Å². The lowest BCUT2D eigenvalue weighted by Gasteiger charge is -2.16. The van der Waals surface area contributed by atoms with E-state index in [9.17, 15) is 17.6 Å². The maximum Gasteiger partial charge on any atom is 0.433 e. The molecule has 25 heavy (non-hydrogen) atoms. The lowest BCUT2D eigenvalue weighted by atomic mass is 10.2. The molecule has 134 valence electrons. The van der Waals surface area contributed by atoms with Crippen LogP contribution < -0.4 is 10.6 Å². The van der Waals surface area contributed by atoms with E-state index < -0.39 is 17.7 Å². The molecule has 0 aliphatic heterocycles. The zero-order chi connectivity index (χ0) is 18.0. The molecule has 1 aromatic heterocycles. The number of alkyl halides is 3. The lowest BCUT2D eigenvalue weighted by Crippen LogP contribution is -2.19. The zero-order valence-electron chi connectivity index (χ0n) is 13.0. The van der Waals surface area contributed by atoms with E-state index in [-0.39, 0.29) is 28.5 Å². The molecule has 2 aromatic rings. The van der Waals surface area contributed by atoms with Crippen molar-refractivity contribution in [3.8, 4) is 0 Å². The minimum absolute atomic E-state index is 0.0355. The maximum absolute atomic E-state index is 13.9. The van der Waals surface area contributed by atoms with Gasteiger partial charge in [0.05, 0.1) is 10.7 Å². The van der Waals surface area contributed by atoms with Crippen LogP contribution in [0, 0.1) is 5.82 Å². The van der Waals surface area contributed by atoms with Gasteiger partial charge in [-0.2, -0.15) is 18.2 Å². The molecule has 0 atom stereocenters. The van der Waals surface area contributed by atoms with Crippen LogP contribution in [-0.4, -0.2) is 16.0 Å². The highest BCUT2D eigenvalue weighted by atomic mass is 35.5. The molecule has 1 aliphatic carbocycles. The Bertz CT molecular complexity index is 740. The summed E-state index contributed by atoms with van der Waals surface area (Å²) >= 11 is 5.90. The number of para-hydroxylation sites is 1. The first-order chi connectivity index (χ1) is 11.8. The van der Waals surface area contributed by atoms with E-state index in [0.29, 0.717) is 0 Å². The SMILES string of the molecule is Fc1cccc(Cl)c1Nc1cc(C(F)(F)F)nc(NC2CCCC2)n1. The Labute approximate surface area is 146 Å². The molecular weight excluding hydrogens is 360 g/mol. The van der Waals surface area contributed by atoms with Gasteiger partial charge in [0.15, 0.2) is 5.69 Å². The van der Waals surface area contributed by atoms with E-state index in [1.54, 1.807) is 0 Å². The number of halogens is 5. The maximum atomic E-state index is 13.9. The van der Waals surface area contributed by atoms with Gasteiger partial charge in [-0.05, 0) is 25.0 Å². The quantitative estimate of drug-likeness (QED) is 0.705. The van der Waals surface area contributed by atoms with Crippen LogP contribution in [0.4, 0.5) is 35.0 Å². The fourth-order valence-corrected chi connectivity index (χ4v) is 2.93. The molecule has 1 saturated carbocycles. The third-order valence-electron chi connectivity index (χ3n) is 3.92. The Morgan fingerprint density at radius 3 is 2.48 bits per heavy atom. The van der Waals surface area contributed by atoms with Crippen LogP contribution in [0.2, 0.25) is 5.02 Å². The summed E-state index contributed by atoms with van der Waals surface area (Å²) in [5.41, 5.74) is -1.25. The summed E-state index contributed by atoms with van der Waals surface area (Å²) < 4.78 is 53.2. The van der Waals surface area contributed by atoms with Crippen molar-refractivity contribution in [2.45, 2.75) is 37.9 Å². The first-order valence-electron chi connectivity index (χ1n) is 7.77. The van der Waals surface area contributed by atoms with Crippen molar-refractivity contribution >= 4 is 29.1 Å². The van der Waals surface area contributed by atoms with Crippen LogP contribution in [0.1, 0.15) is 31.4 Å². The highest BCUT2D eigenvalue weighted by Crippen LogP contribution is 2.33. The van der Waals surface area contributed by atoms with Gasteiger partial charge >= 0.3 is 6.18 Å². The van der Waals surface area contributed by atoms with Gasteiger partial charge in [0.1, 0.15) is 11.6 Å². The lowest BCUT2D eigenvalue weighted by molar-refractivity contribution is -0.141. The van der Waals surface area contributed by atoms with E-state index in [2.05, 4.69) is 20.6 Å². The number of nitrogens with one attached hydrogen (secondary N) is 2. The van der Waals surface area contributed by atoms with E-state index >= 15 is 0 Å². The molecule has 3 rings (SSSR count). The fraction of sp³-hybridized carbons (Fsp3) is 0.375. The first kappa shape index (κ1) is 17.7. The van der Waals surface area contributed by atoms with Crippen LogP contribution in [0.15, 0.2) is 24.3 Å². The third-order valence-corrected chi connectivity index (χ3v) is 4.24. The summed E-state index contributed by atoms with van der Waals surface area (Å²) in [7, 11) is 0. The largest absolute Gasteiger partial charge is 0.433 e. The van der Waals surface area contributed by atoms with Crippen molar-refractivity contribution in [1.29, 1.82) is 0 Å². The second-order valence-electron chi connectivity index (χ2n) is 5.81. The molecule has 0 unspecified atom stereocenters. The second kappa shape index (κ2) is 7.03. The van der Waals surface area contributed by atoms with E-state index in [4.69, 9.17) is 11.6 Å². The van der Waals surface area contributed by atoms with Crippen LogP contribution in [0.25, 0.3) is 0 Å². The van der Waals surface area contributed by atoms with Gasteiger partial charge < -0.3 is 10.6 Å². The highest BCUT2D eigenvalue weighted by Gasteiger charge is 2.34. The molecule has 1 aromatic carbocycles. The van der Waals surface area contributed by atoms with Gasteiger partial charge in [0, 0.05) is 12.1 Å². The molecule has 0 spiro atoms. The van der Waals surface area contributed by atoms with Crippen LogP contribution in [0.3, 0.4) is 0 Å². The van der Waals surface area contributed by atoms with E-state index in [1.165, 1.54) is 12.1 Å². The topological polar surface area (TPSA) is 49.8 Å². The van der Waals surface area contributed by atoms with Crippen LogP contribution in [-0.2, 0) is 6.18 Å². The third kappa shape index (κ3) is 4.31. The molecule has 0 radical (unpaired) electrons. The van der Waals surface area contributed by atoms with Gasteiger partial charge in [0.25, 0.3) is 0 Å². The number of nitrogens with zero attached hydrogens (tertiary/aromatic N) is 2. The van der Waals surface area contributed by atoms with Crippen LogP contribution in [0.5, 0.6) is 0 Å². The molecule has 0 bridgehead atoms. The molecule has 1 aliphatic rings. The normalized spacial score (nSPS) is 15.4. The summed E-state index contributed by atoms with van der Waals surface area (Å²) in [4.78, 5) is 7.57. The number of benzene rings is 1. The van der Waals surface area contributed by atoms with Gasteiger partial charge in [0.2, 0.25) is 5.95 Å². The Morgan fingerprint density at radius 2 is 1.84 bits per heavy atom. The average Bonchev–Trinajstić information content (AvgIpc) is 3.03. The van der Waals surface area contributed by atoms with Gasteiger partial charge in [-0.3, -0.25) is 0 Å². The minimum atomic E-state index is -4.65. The Kier molecular flexibility index (Phi) is 4.99. The molecule has 1 fully saturated rings. The van der Waals surface area contributed by atoms with Crippen molar-refractivity contribution in [1.82, 2.24) is 9.97 Å². The predicted molar refractivity (Wildman–Crippen MR) is 87.6 cm³/mol. The number of hydrogen-bond acceptors (Lipinski definition) is 4. The summed E-state index contributed by atoms with van der Waals surface area (Å²) in [6.07, 6.45) is -0.938. The van der Waals surface area contributed by atoms with E-state index in [1.807, 2.05) is 0 Å². The van der Waals surface area contributed by atoms with Crippen molar-refractivity contribution in [2.24, 2.45) is 0 Å². The summed E-state index contributed by atoms with van der Waals surface area (Å²) in [5.74, 6) is -1.02. The van der Waals surface area contributed by atoms with Crippen LogP contribution >= 0.6 is 11.6 Å². The van der Waals surface area contributed by atoms with Crippen molar-refractivity contribution in [3.05, 3.63) is 40.8 Å². The molecule has 2 N–H and O–H groups in total. The van der Waals surface area contributed by atoms with Crippen molar-refractivity contribution in [2.75, 3.05) is 10.6 Å². The summed E-state index contributed by atoms with van der Waals surface area (Å²) in [6.45, 7) is 0. The molecule has 0 saturated heterocycles.